The molecule has 1 aromatic heterocycles. The third kappa shape index (κ3) is 2.19. The normalized spacial score (nSPS) is 8.57. The number of hydrogen-bond donors (Lipinski definition) is 1. The van der Waals surface area contributed by atoms with Gasteiger partial charge in [0.25, 0.3) is 0 Å². The van der Waals surface area contributed by atoms with Crippen LogP contribution >= 0.6 is 0 Å². The van der Waals surface area contributed by atoms with Gasteiger partial charge in [-0.05, 0) is 6.92 Å². The van der Waals surface area contributed by atoms with Crippen molar-refractivity contribution in [3.63, 3.8) is 0 Å². The number of nitrogens with one attached hydrogen (secondary N) is 1. The molecule has 0 saturated carbocycles. The van der Waals surface area contributed by atoms with Crippen LogP contribution in [0.3, 0.4) is 0 Å². The minimum atomic E-state index is 0.146. The van der Waals surface area contributed by atoms with Crippen LogP contribution < -0.4 is 9.30 Å². The molecule has 1 heterocycles. The molecule has 0 fully saturated rings. The lowest BCUT2D eigenvalue weighted by Gasteiger charge is -1.99. The van der Waals surface area contributed by atoms with Gasteiger partial charge in [-0.25, -0.2) is 0 Å². The molecule has 4 heteroatoms. The molecule has 0 aromatic carbocycles. The van der Waals surface area contributed by atoms with Crippen molar-refractivity contribution in [3.8, 4) is 11.8 Å². The summed E-state index contributed by atoms with van der Waals surface area (Å²) in [5.74, 6) is 2.79. The molecule has 0 amide bonds. The van der Waals surface area contributed by atoms with Crippen molar-refractivity contribution in [2.45, 2.75) is 6.92 Å². The smallest absolute Gasteiger partial charge is 0.351 e. The number of nitrogens with zero attached hydrogens (tertiary/aromatic N) is 2. The van der Waals surface area contributed by atoms with E-state index in [0.29, 0.717) is 6.61 Å². The SMILES string of the molecule is CCOc1cc[n+](C(=C=N)C#N)cc1. The van der Waals surface area contributed by atoms with E-state index in [4.69, 9.17) is 15.4 Å². The molecule has 0 spiro atoms. The fourth-order valence-electron chi connectivity index (χ4n) is 0.975. The number of nitriles is 1. The average Bonchev–Trinajstić information content (AvgIpc) is 2.23. The fourth-order valence-corrected chi connectivity index (χ4v) is 0.975. The van der Waals surface area contributed by atoms with Crippen molar-refractivity contribution < 1.29 is 9.30 Å². The first kappa shape index (κ1) is 9.97. The Kier molecular flexibility index (Phi) is 3.42. The molecule has 0 aliphatic rings. The van der Waals surface area contributed by atoms with E-state index >= 15 is 0 Å². The molecular formula is C10H10N3O+. The van der Waals surface area contributed by atoms with Crippen LogP contribution in [-0.2, 0) is 0 Å². The molecule has 1 aromatic rings. The van der Waals surface area contributed by atoms with Crippen molar-refractivity contribution in [2.75, 3.05) is 6.61 Å². The number of pyridine rings is 1. The van der Waals surface area contributed by atoms with Crippen LogP contribution in [0, 0.1) is 16.7 Å². The van der Waals surface area contributed by atoms with E-state index in [1.807, 2.05) is 18.9 Å². The quantitative estimate of drug-likeness (QED) is 0.436. The highest BCUT2D eigenvalue weighted by molar-refractivity contribution is 5.80. The van der Waals surface area contributed by atoms with E-state index in [-0.39, 0.29) is 5.70 Å². The lowest BCUT2D eigenvalue weighted by atomic mass is 10.4. The van der Waals surface area contributed by atoms with Gasteiger partial charge < -0.3 is 4.74 Å². The van der Waals surface area contributed by atoms with Gasteiger partial charge >= 0.3 is 5.70 Å². The molecule has 0 aliphatic heterocycles. The minimum absolute atomic E-state index is 0.146. The molecule has 1 rings (SSSR count). The highest BCUT2D eigenvalue weighted by Gasteiger charge is 2.07. The second-order valence-electron chi connectivity index (χ2n) is 2.46. The fraction of sp³-hybridized carbons (Fsp3) is 0.200. The molecule has 0 unspecified atom stereocenters. The molecule has 4 nitrogen and oxygen atoms in total. The molecular weight excluding hydrogens is 178 g/mol. The topological polar surface area (TPSA) is 60.8 Å². The average molecular weight is 188 g/mol. The molecule has 1 N–H and O–H groups in total. The molecule has 0 bridgehead atoms. The zero-order chi connectivity index (χ0) is 10.4. The monoisotopic (exact) mass is 188 g/mol. The van der Waals surface area contributed by atoms with Crippen LogP contribution in [0.1, 0.15) is 6.92 Å². The Morgan fingerprint density at radius 1 is 1.57 bits per heavy atom. The van der Waals surface area contributed by atoms with Crippen LogP contribution in [0.15, 0.2) is 24.5 Å². The molecule has 0 saturated heterocycles. The van der Waals surface area contributed by atoms with E-state index in [2.05, 4.69) is 0 Å². The lowest BCUT2D eigenvalue weighted by molar-refractivity contribution is -0.576. The van der Waals surface area contributed by atoms with Crippen LogP contribution in [-0.4, -0.2) is 12.5 Å². The van der Waals surface area contributed by atoms with Gasteiger partial charge in [0.1, 0.15) is 5.75 Å². The van der Waals surface area contributed by atoms with Gasteiger partial charge in [0.05, 0.1) is 12.5 Å². The van der Waals surface area contributed by atoms with Crippen LogP contribution in [0.2, 0.25) is 0 Å². The van der Waals surface area contributed by atoms with Gasteiger partial charge in [-0.2, -0.15) is 5.26 Å². The van der Waals surface area contributed by atoms with Gasteiger partial charge in [0, 0.05) is 12.1 Å². The zero-order valence-electron chi connectivity index (χ0n) is 7.82. The van der Waals surface area contributed by atoms with Crippen LogP contribution in [0.4, 0.5) is 0 Å². The summed E-state index contributed by atoms with van der Waals surface area (Å²) in [5, 5.41) is 15.5. The predicted octanol–water partition coefficient (Wildman–Crippen LogP) is 0.986. The van der Waals surface area contributed by atoms with Crippen molar-refractivity contribution in [1.29, 1.82) is 10.7 Å². The standard InChI is InChI=1S/C10H10N3O/c1-2-14-10-3-5-13(6-4-10)9(7-11)8-12/h3-6,11H,2H2,1H3/q+1. The summed E-state index contributed by atoms with van der Waals surface area (Å²) in [6.07, 6.45) is 3.32. The lowest BCUT2D eigenvalue weighted by Crippen LogP contribution is -2.30. The van der Waals surface area contributed by atoms with Crippen molar-refractivity contribution >= 4 is 11.6 Å². The Bertz CT molecular complexity index is 396. The first-order valence-corrected chi connectivity index (χ1v) is 4.16. The van der Waals surface area contributed by atoms with Crippen molar-refractivity contribution in [3.05, 3.63) is 24.5 Å². The number of rotatable bonds is 3. The van der Waals surface area contributed by atoms with Gasteiger partial charge in [0.2, 0.25) is 0 Å². The maximum Gasteiger partial charge on any atom is 0.351 e. The van der Waals surface area contributed by atoms with Crippen LogP contribution in [0.5, 0.6) is 5.75 Å². The first-order chi connectivity index (χ1) is 6.81. The number of hydrogen-bond acceptors (Lipinski definition) is 3. The largest absolute Gasteiger partial charge is 0.493 e. The Balaban J connectivity index is 2.95. The van der Waals surface area contributed by atoms with Crippen LogP contribution in [0.25, 0.3) is 5.70 Å². The summed E-state index contributed by atoms with van der Waals surface area (Å²) < 4.78 is 6.74. The summed E-state index contributed by atoms with van der Waals surface area (Å²) >= 11 is 0. The van der Waals surface area contributed by atoms with Gasteiger partial charge in [-0.15, -0.1) is 4.57 Å². The van der Waals surface area contributed by atoms with Crippen molar-refractivity contribution in [1.82, 2.24) is 0 Å². The number of allylic oxidation sites excluding steroid dienone is 1. The van der Waals surface area contributed by atoms with Gasteiger partial charge in [-0.3, -0.25) is 5.41 Å². The predicted molar refractivity (Wildman–Crippen MR) is 50.8 cm³/mol. The van der Waals surface area contributed by atoms with E-state index in [1.54, 1.807) is 24.5 Å². The molecule has 0 atom stereocenters. The van der Waals surface area contributed by atoms with Crippen molar-refractivity contribution in [2.24, 2.45) is 0 Å². The third-order valence-electron chi connectivity index (χ3n) is 1.59. The summed E-state index contributed by atoms with van der Waals surface area (Å²) in [4.78, 5) is 0. The third-order valence-corrected chi connectivity index (χ3v) is 1.59. The zero-order valence-corrected chi connectivity index (χ0v) is 7.82. The summed E-state index contributed by atoms with van der Waals surface area (Å²) in [6, 6.07) is 5.33. The maximum atomic E-state index is 8.63. The van der Waals surface area contributed by atoms with E-state index in [1.165, 1.54) is 4.57 Å². The van der Waals surface area contributed by atoms with Gasteiger partial charge in [0.15, 0.2) is 18.5 Å². The molecule has 0 aliphatic carbocycles. The summed E-state index contributed by atoms with van der Waals surface area (Å²) in [6.45, 7) is 2.51. The van der Waals surface area contributed by atoms with E-state index in [0.717, 1.165) is 5.75 Å². The Hall–Kier alpha value is -2.11. The second kappa shape index (κ2) is 4.80. The molecule has 0 radical (unpaired) electrons. The number of aromatic nitrogens is 1. The number of ether oxygens (including phenoxy) is 1. The molecule has 70 valence electrons. The Labute approximate surface area is 82.2 Å². The Morgan fingerprint density at radius 3 is 2.64 bits per heavy atom. The van der Waals surface area contributed by atoms with E-state index < -0.39 is 0 Å². The Morgan fingerprint density at radius 2 is 2.21 bits per heavy atom. The summed E-state index contributed by atoms with van der Waals surface area (Å²) in [7, 11) is 0. The van der Waals surface area contributed by atoms with Gasteiger partial charge in [-0.1, -0.05) is 0 Å². The summed E-state index contributed by atoms with van der Waals surface area (Å²) in [5.41, 5.74) is 0.146. The maximum absolute atomic E-state index is 8.63. The highest BCUT2D eigenvalue weighted by Crippen LogP contribution is 2.05. The second-order valence-corrected chi connectivity index (χ2v) is 2.46. The minimum Gasteiger partial charge on any atom is -0.493 e. The highest BCUT2D eigenvalue weighted by atomic mass is 16.5. The molecule has 14 heavy (non-hydrogen) atoms. The first-order valence-electron chi connectivity index (χ1n) is 4.16. The van der Waals surface area contributed by atoms with E-state index in [9.17, 15) is 0 Å².